The van der Waals surface area contributed by atoms with Gasteiger partial charge in [0.05, 0.1) is 30.4 Å². The number of nitrogens with zero attached hydrogens (tertiary/aromatic N) is 4. The number of carbonyl (C=O) groups is 2. The minimum absolute atomic E-state index is 0.0656. The lowest BCUT2D eigenvalue weighted by Crippen LogP contribution is -2.42. The number of rotatable bonds is 6. The smallest absolute Gasteiger partial charge is 0.267 e. The van der Waals surface area contributed by atoms with Crippen LogP contribution in [0.2, 0.25) is 0 Å². The molecule has 0 atom stereocenters. The van der Waals surface area contributed by atoms with Gasteiger partial charge in [-0.15, -0.1) is 0 Å². The third kappa shape index (κ3) is 5.53. The lowest BCUT2D eigenvalue weighted by Gasteiger charge is -2.27. The Morgan fingerprint density at radius 2 is 1.62 bits per heavy atom. The van der Waals surface area contributed by atoms with Crippen LogP contribution in [0.25, 0.3) is 17.0 Å². The van der Waals surface area contributed by atoms with Gasteiger partial charge in [-0.05, 0) is 41.6 Å². The highest BCUT2D eigenvalue weighted by atomic mass is 32.2. The number of carbonyl (C=O) groups excluding carboxylic acids is 2. The van der Waals surface area contributed by atoms with Crippen molar-refractivity contribution in [3.63, 3.8) is 0 Å². The van der Waals surface area contributed by atoms with Gasteiger partial charge >= 0.3 is 0 Å². The van der Waals surface area contributed by atoms with Crippen LogP contribution in [0.4, 0.5) is 5.69 Å². The Bertz CT molecular complexity index is 1560. The van der Waals surface area contributed by atoms with Gasteiger partial charge < -0.3 is 14.2 Å². The molecule has 0 N–H and O–H groups in total. The zero-order valence-electron chi connectivity index (χ0n) is 21.4. The first-order chi connectivity index (χ1) is 19.2. The van der Waals surface area contributed by atoms with Crippen molar-refractivity contribution in [2.45, 2.75) is 13.1 Å². The maximum absolute atomic E-state index is 13.7. The SMILES string of the molecule is O=C(Cn1cc(/C=C2\SC(=Nc3ccccc3)N(Cc3ccccc3)C2=O)c2ccccc21)N1CCOCC1. The lowest BCUT2D eigenvalue weighted by atomic mass is 10.1. The molecule has 2 aliphatic heterocycles. The molecule has 2 fully saturated rings. The molecule has 1 aromatic heterocycles. The van der Waals surface area contributed by atoms with E-state index in [4.69, 9.17) is 9.73 Å². The Labute approximate surface area is 231 Å². The number of morpholine rings is 1. The minimum atomic E-state index is -0.0836. The van der Waals surface area contributed by atoms with Crippen LogP contribution in [0.3, 0.4) is 0 Å². The van der Waals surface area contributed by atoms with Crippen LogP contribution < -0.4 is 0 Å². The molecule has 8 heteroatoms. The summed E-state index contributed by atoms with van der Waals surface area (Å²) < 4.78 is 7.37. The van der Waals surface area contributed by atoms with Gasteiger partial charge in [-0.25, -0.2) is 4.99 Å². The average Bonchev–Trinajstić information content (AvgIpc) is 3.47. The molecule has 0 aliphatic carbocycles. The minimum Gasteiger partial charge on any atom is -0.378 e. The fraction of sp³-hybridized carbons (Fsp3) is 0.194. The van der Waals surface area contributed by atoms with Crippen LogP contribution in [0, 0.1) is 0 Å². The van der Waals surface area contributed by atoms with Crippen molar-refractivity contribution >= 4 is 51.4 Å². The second-order valence-corrected chi connectivity index (χ2v) is 10.4. The molecule has 0 spiro atoms. The van der Waals surface area contributed by atoms with E-state index in [1.54, 1.807) is 4.90 Å². The molecule has 0 bridgehead atoms. The summed E-state index contributed by atoms with van der Waals surface area (Å²) in [6, 6.07) is 27.6. The Balaban J connectivity index is 1.34. The standard InChI is InChI=1S/C31H28N4O3S/c36-29(33-15-17-38-18-16-33)22-34-21-24(26-13-7-8-14-27(26)34)19-28-30(37)35(20-23-9-3-1-4-10-23)31(39-28)32-25-11-5-2-6-12-25/h1-14,19,21H,15-18,20,22H2/b28-19-,32-31?. The topological polar surface area (TPSA) is 67.1 Å². The number of ether oxygens (including phenoxy) is 1. The summed E-state index contributed by atoms with van der Waals surface area (Å²) in [6.07, 6.45) is 3.90. The molecule has 39 heavy (non-hydrogen) atoms. The normalized spacial score (nSPS) is 18.0. The fourth-order valence-electron chi connectivity index (χ4n) is 4.83. The van der Waals surface area contributed by atoms with Crippen LogP contribution >= 0.6 is 11.8 Å². The maximum atomic E-state index is 13.7. The summed E-state index contributed by atoms with van der Waals surface area (Å²) in [5.74, 6) is -0.0179. The van der Waals surface area contributed by atoms with Crippen molar-refractivity contribution in [2.75, 3.05) is 26.3 Å². The quantitative estimate of drug-likeness (QED) is 0.314. The predicted molar refractivity (Wildman–Crippen MR) is 155 cm³/mol. The van der Waals surface area contributed by atoms with Gasteiger partial charge in [0.2, 0.25) is 5.91 Å². The van der Waals surface area contributed by atoms with Crippen molar-refractivity contribution in [3.8, 4) is 0 Å². The fourth-order valence-corrected chi connectivity index (χ4v) is 5.82. The molecule has 0 radical (unpaired) electrons. The second kappa shape index (κ2) is 11.3. The monoisotopic (exact) mass is 536 g/mol. The van der Waals surface area contributed by atoms with Crippen LogP contribution in [0.15, 0.2) is 101 Å². The van der Waals surface area contributed by atoms with Crippen LogP contribution in [-0.4, -0.2) is 57.7 Å². The van der Waals surface area contributed by atoms with E-state index in [1.807, 2.05) is 107 Å². The number of aliphatic imine (C=N–C) groups is 1. The van der Waals surface area contributed by atoms with Gasteiger partial charge in [0, 0.05) is 35.8 Å². The Kier molecular flexibility index (Phi) is 7.29. The molecule has 6 rings (SSSR count). The summed E-state index contributed by atoms with van der Waals surface area (Å²) in [6.45, 7) is 3.04. The number of aromatic nitrogens is 1. The van der Waals surface area contributed by atoms with E-state index in [0.717, 1.165) is 27.7 Å². The number of amides is 2. The Morgan fingerprint density at radius 3 is 2.38 bits per heavy atom. The molecule has 0 saturated carbocycles. The second-order valence-electron chi connectivity index (χ2n) is 9.44. The Hall–Kier alpha value is -4.14. The van der Waals surface area contributed by atoms with Crippen LogP contribution in [0.5, 0.6) is 0 Å². The molecular formula is C31H28N4O3S. The number of hydrogen-bond acceptors (Lipinski definition) is 5. The average molecular weight is 537 g/mol. The van der Waals surface area contributed by atoms with Crippen LogP contribution in [0.1, 0.15) is 11.1 Å². The first-order valence-corrected chi connectivity index (χ1v) is 13.8. The molecule has 7 nitrogen and oxygen atoms in total. The molecule has 0 unspecified atom stereocenters. The molecule has 3 heterocycles. The van der Waals surface area contributed by atoms with E-state index in [1.165, 1.54) is 11.8 Å². The third-order valence-corrected chi connectivity index (χ3v) is 7.83. The van der Waals surface area contributed by atoms with Gasteiger partial charge in [0.1, 0.15) is 6.54 Å². The zero-order valence-corrected chi connectivity index (χ0v) is 22.2. The highest BCUT2D eigenvalue weighted by molar-refractivity contribution is 8.18. The van der Waals surface area contributed by atoms with Crippen molar-refractivity contribution in [2.24, 2.45) is 4.99 Å². The highest BCUT2D eigenvalue weighted by Gasteiger charge is 2.34. The summed E-state index contributed by atoms with van der Waals surface area (Å²) in [4.78, 5) is 35.7. The lowest BCUT2D eigenvalue weighted by molar-refractivity contribution is -0.135. The summed E-state index contributed by atoms with van der Waals surface area (Å²) >= 11 is 1.38. The molecule has 2 saturated heterocycles. The number of para-hydroxylation sites is 2. The number of amidine groups is 1. The summed E-state index contributed by atoms with van der Waals surface area (Å²) in [5, 5.41) is 1.64. The van der Waals surface area contributed by atoms with E-state index in [-0.39, 0.29) is 18.4 Å². The van der Waals surface area contributed by atoms with E-state index in [0.29, 0.717) is 42.9 Å². The Morgan fingerprint density at radius 1 is 0.923 bits per heavy atom. The van der Waals surface area contributed by atoms with Gasteiger partial charge in [0.15, 0.2) is 5.17 Å². The number of hydrogen-bond donors (Lipinski definition) is 0. The van der Waals surface area contributed by atoms with Gasteiger partial charge in [-0.2, -0.15) is 0 Å². The first kappa shape index (κ1) is 25.2. The summed E-state index contributed by atoms with van der Waals surface area (Å²) in [7, 11) is 0. The van der Waals surface area contributed by atoms with Crippen molar-refractivity contribution < 1.29 is 14.3 Å². The van der Waals surface area contributed by atoms with E-state index < -0.39 is 0 Å². The molecule has 3 aromatic carbocycles. The van der Waals surface area contributed by atoms with E-state index >= 15 is 0 Å². The van der Waals surface area contributed by atoms with Gasteiger partial charge in [0.25, 0.3) is 5.91 Å². The largest absolute Gasteiger partial charge is 0.378 e. The zero-order chi connectivity index (χ0) is 26.6. The molecule has 2 aliphatic rings. The molecular weight excluding hydrogens is 508 g/mol. The van der Waals surface area contributed by atoms with Gasteiger partial charge in [-0.1, -0.05) is 66.7 Å². The van der Waals surface area contributed by atoms with Crippen molar-refractivity contribution in [3.05, 3.63) is 107 Å². The van der Waals surface area contributed by atoms with E-state index in [2.05, 4.69) is 0 Å². The number of thioether (sulfide) groups is 1. The number of fused-ring (bicyclic) bond motifs is 1. The van der Waals surface area contributed by atoms with E-state index in [9.17, 15) is 9.59 Å². The van der Waals surface area contributed by atoms with Gasteiger partial charge in [-0.3, -0.25) is 14.5 Å². The first-order valence-electron chi connectivity index (χ1n) is 13.0. The highest BCUT2D eigenvalue weighted by Crippen LogP contribution is 2.36. The maximum Gasteiger partial charge on any atom is 0.267 e. The molecule has 2 amide bonds. The molecule has 4 aromatic rings. The third-order valence-electron chi connectivity index (χ3n) is 6.83. The predicted octanol–water partition coefficient (Wildman–Crippen LogP) is 5.30. The number of benzene rings is 3. The summed E-state index contributed by atoms with van der Waals surface area (Å²) in [5.41, 5.74) is 3.69. The molecule has 196 valence electrons. The van der Waals surface area contributed by atoms with Crippen molar-refractivity contribution in [1.29, 1.82) is 0 Å². The van der Waals surface area contributed by atoms with Crippen LogP contribution in [-0.2, 0) is 27.4 Å². The van der Waals surface area contributed by atoms with Crippen molar-refractivity contribution in [1.82, 2.24) is 14.4 Å².